The Bertz CT molecular complexity index is 140. The maximum absolute atomic E-state index is 5.67. The predicted molar refractivity (Wildman–Crippen MR) is 69.5 cm³/mol. The van der Waals surface area contributed by atoms with Crippen LogP contribution in [0.15, 0.2) is 0 Å². The van der Waals surface area contributed by atoms with Crippen molar-refractivity contribution >= 4 is 30.0 Å². The molecule has 0 aromatic rings. The molecule has 0 N–H and O–H groups in total. The smallest absolute Gasteiger partial charge is 0.111 e. The summed E-state index contributed by atoms with van der Waals surface area (Å²) in [5.74, 6) is 2.06. The minimum Gasteiger partial charge on any atom is -0.186 e. The van der Waals surface area contributed by atoms with E-state index in [1.807, 2.05) is 0 Å². The molecule has 0 unspecified atom stereocenters. The molecule has 0 radical (unpaired) electrons. The third kappa shape index (κ3) is 9.17. The molecule has 0 aliphatic rings. The van der Waals surface area contributed by atoms with Gasteiger partial charge in [0, 0.05) is 5.88 Å². The number of hydrogen-bond donors (Lipinski definition) is 0. The van der Waals surface area contributed by atoms with Crippen molar-refractivity contribution in [1.29, 1.82) is 0 Å². The van der Waals surface area contributed by atoms with Gasteiger partial charge in [0.2, 0.25) is 0 Å². The molecule has 0 aliphatic carbocycles. The van der Waals surface area contributed by atoms with Gasteiger partial charge in [-0.3, -0.25) is 0 Å². The van der Waals surface area contributed by atoms with Crippen molar-refractivity contribution in [2.75, 3.05) is 11.6 Å². The molecule has 0 rings (SSSR count). The highest BCUT2D eigenvalue weighted by atomic mass is 35.5. The first-order chi connectivity index (χ1) is 5.77. The van der Waals surface area contributed by atoms with Crippen LogP contribution in [0.3, 0.4) is 0 Å². The minimum atomic E-state index is -1.02. The van der Waals surface area contributed by atoms with Crippen LogP contribution in [0.4, 0.5) is 0 Å². The van der Waals surface area contributed by atoms with Crippen molar-refractivity contribution in [3.8, 4) is 0 Å². The molecule has 0 bridgehead atoms. The van der Waals surface area contributed by atoms with Crippen LogP contribution >= 0.6 is 22.8 Å². The van der Waals surface area contributed by atoms with E-state index in [1.165, 1.54) is 11.8 Å². The first-order valence-corrected chi connectivity index (χ1v) is 10.4. The molecular formula is C10H23ClSSi. The van der Waals surface area contributed by atoms with Gasteiger partial charge in [-0.1, -0.05) is 33.9 Å². The van der Waals surface area contributed by atoms with Gasteiger partial charge in [0.25, 0.3) is 0 Å². The average Bonchev–Trinajstić information content (AvgIpc) is 1.81. The van der Waals surface area contributed by atoms with Gasteiger partial charge in [0.05, 0.1) is 0 Å². The normalized spacial score (nSPS) is 13.4. The first kappa shape index (κ1) is 13.9. The maximum Gasteiger partial charge on any atom is 0.111 e. The molecule has 0 aromatic carbocycles. The lowest BCUT2D eigenvalue weighted by molar-refractivity contribution is 0.463. The summed E-state index contributed by atoms with van der Waals surface area (Å²) in [5, 5.41) is 0. The Hall–Kier alpha value is 0.857. The zero-order chi connectivity index (χ0) is 10.5. The van der Waals surface area contributed by atoms with Crippen LogP contribution in [0.25, 0.3) is 0 Å². The van der Waals surface area contributed by atoms with E-state index in [-0.39, 0.29) is 0 Å². The fourth-order valence-corrected chi connectivity index (χ4v) is 9.22. The van der Waals surface area contributed by atoms with Gasteiger partial charge in [-0.2, -0.15) is 11.2 Å². The van der Waals surface area contributed by atoms with Gasteiger partial charge in [-0.25, -0.2) is 0 Å². The lowest BCUT2D eigenvalue weighted by atomic mass is 10.0. The molecule has 0 aliphatic heterocycles. The molecule has 13 heavy (non-hydrogen) atoms. The minimum absolute atomic E-state index is 0.490. The van der Waals surface area contributed by atoms with E-state index in [1.54, 1.807) is 0 Å². The monoisotopic (exact) mass is 238 g/mol. The fourth-order valence-electron chi connectivity index (χ4n) is 1.73. The molecule has 0 saturated heterocycles. The number of alkyl halides is 1. The highest BCUT2D eigenvalue weighted by Crippen LogP contribution is 2.34. The Morgan fingerprint density at radius 3 is 2.15 bits per heavy atom. The van der Waals surface area contributed by atoms with Gasteiger partial charge in [0.1, 0.15) is 7.22 Å². The molecule has 3 heteroatoms. The Labute approximate surface area is 93.5 Å². The SMILES string of the molecule is CC(C)(C)C[Si](C)(C)SCCCCl. The second-order valence-corrected chi connectivity index (χ2v) is 14.5. The summed E-state index contributed by atoms with van der Waals surface area (Å²) in [7, 11) is -1.02. The van der Waals surface area contributed by atoms with Gasteiger partial charge < -0.3 is 0 Å². The summed E-state index contributed by atoms with van der Waals surface area (Å²) >= 11 is 7.85. The van der Waals surface area contributed by atoms with E-state index in [0.29, 0.717) is 5.41 Å². The predicted octanol–water partition coefficient (Wildman–Crippen LogP) is 4.60. The van der Waals surface area contributed by atoms with Gasteiger partial charge in [0.15, 0.2) is 0 Å². The Kier molecular flexibility index (Phi) is 6.04. The molecule has 0 amide bonds. The lowest BCUT2D eigenvalue weighted by Gasteiger charge is -2.30. The van der Waals surface area contributed by atoms with E-state index in [2.05, 4.69) is 45.1 Å². The van der Waals surface area contributed by atoms with Crippen molar-refractivity contribution in [2.24, 2.45) is 5.41 Å². The van der Waals surface area contributed by atoms with Crippen molar-refractivity contribution in [3.05, 3.63) is 0 Å². The standard InChI is InChI=1S/C10H23ClSSi/c1-10(2,3)9-13(4,5)12-8-6-7-11/h6-9H2,1-5H3. The third-order valence-electron chi connectivity index (χ3n) is 1.73. The second-order valence-electron chi connectivity index (χ2n) is 5.39. The van der Waals surface area contributed by atoms with Crippen molar-refractivity contribution in [3.63, 3.8) is 0 Å². The van der Waals surface area contributed by atoms with Crippen LogP contribution in [-0.2, 0) is 0 Å². The lowest BCUT2D eigenvalue weighted by Crippen LogP contribution is -2.28. The summed E-state index contributed by atoms with van der Waals surface area (Å²) in [6.45, 7) is 12.0. The Morgan fingerprint density at radius 2 is 1.77 bits per heavy atom. The number of hydrogen-bond acceptors (Lipinski definition) is 1. The Morgan fingerprint density at radius 1 is 1.23 bits per heavy atom. The van der Waals surface area contributed by atoms with Crippen LogP contribution in [0, 0.1) is 5.41 Å². The summed E-state index contributed by atoms with van der Waals surface area (Å²) in [5.41, 5.74) is 0.490. The van der Waals surface area contributed by atoms with Crippen LogP contribution in [0.2, 0.25) is 19.1 Å². The number of rotatable bonds is 5. The van der Waals surface area contributed by atoms with Crippen molar-refractivity contribution < 1.29 is 0 Å². The van der Waals surface area contributed by atoms with E-state index in [4.69, 9.17) is 11.6 Å². The largest absolute Gasteiger partial charge is 0.186 e. The molecule has 80 valence electrons. The number of halogens is 1. The van der Waals surface area contributed by atoms with E-state index >= 15 is 0 Å². The second kappa shape index (κ2) is 5.67. The molecule has 0 saturated carbocycles. The van der Waals surface area contributed by atoms with E-state index in [9.17, 15) is 0 Å². The average molecular weight is 239 g/mol. The third-order valence-corrected chi connectivity index (χ3v) is 8.57. The van der Waals surface area contributed by atoms with Crippen molar-refractivity contribution in [1.82, 2.24) is 0 Å². The fraction of sp³-hybridized carbons (Fsp3) is 1.00. The molecule has 0 spiro atoms. The first-order valence-electron chi connectivity index (χ1n) is 4.97. The molecule has 0 nitrogen and oxygen atoms in total. The zero-order valence-corrected chi connectivity index (χ0v) is 12.2. The van der Waals surface area contributed by atoms with Crippen LogP contribution < -0.4 is 0 Å². The molecule has 0 fully saturated rings. The van der Waals surface area contributed by atoms with E-state index < -0.39 is 7.22 Å². The van der Waals surface area contributed by atoms with Crippen molar-refractivity contribution in [2.45, 2.75) is 46.3 Å². The maximum atomic E-state index is 5.67. The summed E-state index contributed by atoms with van der Waals surface area (Å²) in [4.78, 5) is 0. The van der Waals surface area contributed by atoms with Gasteiger partial charge >= 0.3 is 0 Å². The van der Waals surface area contributed by atoms with Crippen LogP contribution in [0.5, 0.6) is 0 Å². The highest BCUT2D eigenvalue weighted by Gasteiger charge is 2.27. The summed E-state index contributed by atoms with van der Waals surface area (Å²) in [6.07, 6.45) is 1.16. The van der Waals surface area contributed by atoms with Crippen LogP contribution in [-0.4, -0.2) is 18.9 Å². The van der Waals surface area contributed by atoms with Gasteiger partial charge in [-0.05, 0) is 23.6 Å². The zero-order valence-electron chi connectivity index (χ0n) is 9.61. The molecule has 0 heterocycles. The highest BCUT2D eigenvalue weighted by molar-refractivity contribution is 8.28. The summed E-state index contributed by atoms with van der Waals surface area (Å²) in [6, 6.07) is 1.40. The topological polar surface area (TPSA) is 0 Å². The quantitative estimate of drug-likeness (QED) is 0.383. The Balaban J connectivity index is 3.80. The van der Waals surface area contributed by atoms with Crippen LogP contribution in [0.1, 0.15) is 27.2 Å². The molecule has 0 aromatic heterocycles. The molecule has 0 atom stereocenters. The van der Waals surface area contributed by atoms with E-state index in [0.717, 1.165) is 12.3 Å². The summed E-state index contributed by atoms with van der Waals surface area (Å²) < 4.78 is 0. The van der Waals surface area contributed by atoms with Gasteiger partial charge in [-0.15, -0.1) is 11.6 Å². The molecular weight excluding hydrogens is 216 g/mol.